The molecule has 0 aliphatic carbocycles. The molecule has 2 rings (SSSR count). The molecule has 1 heterocycles. The SMILES string of the molecule is CCCCNc1ccc(C(=O)NCc2ccc(Cl)cc2)nn1. The average molecular weight is 319 g/mol. The van der Waals surface area contributed by atoms with E-state index in [1.54, 1.807) is 24.3 Å². The molecule has 0 fully saturated rings. The number of amides is 1. The highest BCUT2D eigenvalue weighted by atomic mass is 35.5. The summed E-state index contributed by atoms with van der Waals surface area (Å²) in [4.78, 5) is 12.0. The summed E-state index contributed by atoms with van der Waals surface area (Å²) in [6.07, 6.45) is 2.19. The average Bonchev–Trinajstić information content (AvgIpc) is 2.55. The van der Waals surface area contributed by atoms with Gasteiger partial charge in [0.15, 0.2) is 5.69 Å². The summed E-state index contributed by atoms with van der Waals surface area (Å²) in [5.41, 5.74) is 1.28. The van der Waals surface area contributed by atoms with Crippen LogP contribution >= 0.6 is 11.6 Å². The maximum absolute atomic E-state index is 12.0. The standard InChI is InChI=1S/C16H19ClN4O/c1-2-3-10-18-15-9-8-14(20-21-15)16(22)19-11-12-4-6-13(17)7-5-12/h4-9H,2-3,10-11H2,1H3,(H,18,21)(H,19,22). The lowest BCUT2D eigenvalue weighted by molar-refractivity contribution is 0.0945. The molecule has 0 atom stereocenters. The molecule has 1 aromatic carbocycles. The first kappa shape index (κ1) is 16.2. The number of aromatic nitrogens is 2. The van der Waals surface area contributed by atoms with Gasteiger partial charge in [-0.15, -0.1) is 10.2 Å². The van der Waals surface area contributed by atoms with Crippen LogP contribution in [0.1, 0.15) is 35.8 Å². The third-order valence-corrected chi connectivity index (χ3v) is 3.35. The van der Waals surface area contributed by atoms with Crippen molar-refractivity contribution in [2.75, 3.05) is 11.9 Å². The van der Waals surface area contributed by atoms with Gasteiger partial charge in [0.1, 0.15) is 5.82 Å². The van der Waals surface area contributed by atoms with Gasteiger partial charge in [-0.2, -0.15) is 0 Å². The van der Waals surface area contributed by atoms with Gasteiger partial charge in [0, 0.05) is 18.1 Å². The maximum atomic E-state index is 12.0. The zero-order valence-electron chi connectivity index (χ0n) is 12.5. The third-order valence-electron chi connectivity index (χ3n) is 3.10. The summed E-state index contributed by atoms with van der Waals surface area (Å²) in [5, 5.41) is 14.6. The topological polar surface area (TPSA) is 66.9 Å². The molecule has 116 valence electrons. The van der Waals surface area contributed by atoms with Crippen molar-refractivity contribution < 1.29 is 4.79 Å². The Bertz CT molecular complexity index is 599. The highest BCUT2D eigenvalue weighted by Gasteiger charge is 2.07. The van der Waals surface area contributed by atoms with E-state index in [2.05, 4.69) is 27.8 Å². The number of carbonyl (C=O) groups excluding carboxylic acids is 1. The summed E-state index contributed by atoms with van der Waals surface area (Å²) in [7, 11) is 0. The Hall–Kier alpha value is -2.14. The molecular weight excluding hydrogens is 300 g/mol. The molecule has 1 amide bonds. The quantitative estimate of drug-likeness (QED) is 0.769. The molecule has 1 aromatic heterocycles. The molecule has 0 aliphatic heterocycles. The van der Waals surface area contributed by atoms with Crippen molar-refractivity contribution in [1.82, 2.24) is 15.5 Å². The van der Waals surface area contributed by atoms with Crippen LogP contribution in [0.2, 0.25) is 5.02 Å². The second kappa shape index (κ2) is 8.34. The first-order chi connectivity index (χ1) is 10.7. The lowest BCUT2D eigenvalue weighted by Gasteiger charge is -2.06. The lowest BCUT2D eigenvalue weighted by Crippen LogP contribution is -2.24. The summed E-state index contributed by atoms with van der Waals surface area (Å²) >= 11 is 5.82. The molecule has 2 aromatic rings. The predicted octanol–water partition coefficient (Wildman–Crippen LogP) is 3.27. The number of unbranched alkanes of at least 4 members (excludes halogenated alkanes) is 1. The van der Waals surface area contributed by atoms with Crippen LogP contribution in [-0.4, -0.2) is 22.6 Å². The van der Waals surface area contributed by atoms with Gasteiger partial charge in [-0.05, 0) is 36.2 Å². The minimum atomic E-state index is -0.248. The summed E-state index contributed by atoms with van der Waals surface area (Å²) in [6, 6.07) is 10.8. The van der Waals surface area contributed by atoms with Crippen LogP contribution in [0.15, 0.2) is 36.4 Å². The number of halogens is 1. The van der Waals surface area contributed by atoms with Crippen LogP contribution in [0.3, 0.4) is 0 Å². The van der Waals surface area contributed by atoms with Gasteiger partial charge < -0.3 is 10.6 Å². The van der Waals surface area contributed by atoms with Crippen molar-refractivity contribution in [3.8, 4) is 0 Å². The normalized spacial score (nSPS) is 10.3. The van der Waals surface area contributed by atoms with E-state index in [0.717, 1.165) is 24.9 Å². The molecule has 22 heavy (non-hydrogen) atoms. The number of benzene rings is 1. The number of hydrogen-bond donors (Lipinski definition) is 2. The van der Waals surface area contributed by atoms with E-state index < -0.39 is 0 Å². The van der Waals surface area contributed by atoms with Gasteiger partial charge in [-0.25, -0.2) is 0 Å². The minimum absolute atomic E-state index is 0.248. The molecule has 0 unspecified atom stereocenters. The fourth-order valence-corrected chi connectivity index (χ4v) is 1.94. The smallest absolute Gasteiger partial charge is 0.272 e. The molecule has 0 saturated heterocycles. The zero-order chi connectivity index (χ0) is 15.8. The summed E-state index contributed by atoms with van der Waals surface area (Å²) < 4.78 is 0. The highest BCUT2D eigenvalue weighted by molar-refractivity contribution is 6.30. The zero-order valence-corrected chi connectivity index (χ0v) is 13.2. The Kier molecular flexibility index (Phi) is 6.15. The molecule has 0 saturated carbocycles. The van der Waals surface area contributed by atoms with E-state index in [-0.39, 0.29) is 5.91 Å². The maximum Gasteiger partial charge on any atom is 0.272 e. The molecule has 0 spiro atoms. The van der Waals surface area contributed by atoms with Crippen molar-refractivity contribution in [3.63, 3.8) is 0 Å². The Balaban J connectivity index is 1.85. The van der Waals surface area contributed by atoms with E-state index in [9.17, 15) is 4.79 Å². The van der Waals surface area contributed by atoms with Crippen LogP contribution in [0, 0.1) is 0 Å². The first-order valence-electron chi connectivity index (χ1n) is 7.29. The van der Waals surface area contributed by atoms with Crippen LogP contribution in [0.5, 0.6) is 0 Å². The Morgan fingerprint density at radius 1 is 1.14 bits per heavy atom. The largest absolute Gasteiger partial charge is 0.369 e. The Morgan fingerprint density at radius 2 is 1.91 bits per heavy atom. The van der Waals surface area contributed by atoms with Crippen LogP contribution in [0.4, 0.5) is 5.82 Å². The number of nitrogens with one attached hydrogen (secondary N) is 2. The van der Waals surface area contributed by atoms with Gasteiger partial charge >= 0.3 is 0 Å². The Morgan fingerprint density at radius 3 is 2.55 bits per heavy atom. The van der Waals surface area contributed by atoms with Crippen molar-refractivity contribution in [2.45, 2.75) is 26.3 Å². The lowest BCUT2D eigenvalue weighted by atomic mass is 10.2. The molecule has 0 radical (unpaired) electrons. The molecule has 5 nitrogen and oxygen atoms in total. The number of nitrogens with zero attached hydrogens (tertiary/aromatic N) is 2. The molecule has 0 bridgehead atoms. The van der Waals surface area contributed by atoms with E-state index in [4.69, 9.17) is 11.6 Å². The summed E-state index contributed by atoms with van der Waals surface area (Å²) in [6.45, 7) is 3.41. The van der Waals surface area contributed by atoms with Gasteiger partial charge in [0.05, 0.1) is 0 Å². The van der Waals surface area contributed by atoms with Crippen LogP contribution in [0.25, 0.3) is 0 Å². The molecular formula is C16H19ClN4O. The third kappa shape index (κ3) is 5.00. The van der Waals surface area contributed by atoms with Gasteiger partial charge in [0.2, 0.25) is 0 Å². The van der Waals surface area contributed by atoms with E-state index in [0.29, 0.717) is 23.1 Å². The molecule has 0 aliphatic rings. The number of carbonyl (C=O) groups is 1. The second-order valence-electron chi connectivity index (χ2n) is 4.89. The molecule has 2 N–H and O–H groups in total. The number of rotatable bonds is 7. The minimum Gasteiger partial charge on any atom is -0.369 e. The van der Waals surface area contributed by atoms with Crippen molar-refractivity contribution in [2.24, 2.45) is 0 Å². The van der Waals surface area contributed by atoms with Crippen molar-refractivity contribution >= 4 is 23.3 Å². The van der Waals surface area contributed by atoms with Gasteiger partial charge in [-0.3, -0.25) is 4.79 Å². The van der Waals surface area contributed by atoms with Gasteiger partial charge in [0.25, 0.3) is 5.91 Å². The fraction of sp³-hybridized carbons (Fsp3) is 0.312. The van der Waals surface area contributed by atoms with Crippen LogP contribution in [-0.2, 0) is 6.54 Å². The number of hydrogen-bond acceptors (Lipinski definition) is 4. The van der Waals surface area contributed by atoms with Crippen LogP contribution < -0.4 is 10.6 Å². The Labute approximate surface area is 135 Å². The van der Waals surface area contributed by atoms with Crippen molar-refractivity contribution in [3.05, 3.63) is 52.7 Å². The first-order valence-corrected chi connectivity index (χ1v) is 7.67. The monoisotopic (exact) mass is 318 g/mol. The number of anilines is 1. The molecule has 6 heteroatoms. The van der Waals surface area contributed by atoms with Crippen molar-refractivity contribution in [1.29, 1.82) is 0 Å². The van der Waals surface area contributed by atoms with Gasteiger partial charge in [-0.1, -0.05) is 37.1 Å². The fourth-order valence-electron chi connectivity index (χ4n) is 1.82. The van der Waals surface area contributed by atoms with E-state index in [1.165, 1.54) is 0 Å². The van der Waals surface area contributed by atoms with E-state index >= 15 is 0 Å². The highest BCUT2D eigenvalue weighted by Crippen LogP contribution is 2.09. The summed E-state index contributed by atoms with van der Waals surface area (Å²) in [5.74, 6) is 0.435. The van der Waals surface area contributed by atoms with E-state index in [1.807, 2.05) is 12.1 Å². The predicted molar refractivity (Wildman–Crippen MR) is 88.1 cm³/mol. The second-order valence-corrected chi connectivity index (χ2v) is 5.33.